The molecule has 1 fully saturated rings. The van der Waals surface area contributed by atoms with Crippen molar-refractivity contribution in [1.29, 1.82) is 0 Å². The highest BCUT2D eigenvalue weighted by Gasteiger charge is 2.47. The van der Waals surface area contributed by atoms with Crippen molar-refractivity contribution >= 4 is 45.9 Å². The fourth-order valence-corrected chi connectivity index (χ4v) is 5.57. The molecule has 0 spiro atoms. The molecular weight excluding hydrogens is 410 g/mol. The molecule has 0 saturated carbocycles. The van der Waals surface area contributed by atoms with Gasteiger partial charge in [-0.2, -0.15) is 0 Å². The lowest BCUT2D eigenvalue weighted by Crippen LogP contribution is -2.37. The van der Waals surface area contributed by atoms with Gasteiger partial charge in [0, 0.05) is 4.88 Å². The average molecular weight is 431 g/mol. The van der Waals surface area contributed by atoms with E-state index in [0.29, 0.717) is 23.4 Å². The normalized spacial score (nSPS) is 22.1. The lowest BCUT2D eigenvalue weighted by Gasteiger charge is -2.14. The standard InChI is InChI=1S/C20H21N3O6S/c21-17(26)16-12-6-3-7-13(12)30-18(16)22-14(24)9-29-15(25)8-23-19(27)10-4-1-2-5-11(10)20(23)28/h1-2,10-11H,3-9H2,(H2,21,26)(H,22,24). The van der Waals surface area contributed by atoms with Crippen LogP contribution >= 0.6 is 11.3 Å². The number of carbonyl (C=O) groups is 5. The van der Waals surface area contributed by atoms with Crippen molar-refractivity contribution in [3.8, 4) is 0 Å². The summed E-state index contributed by atoms with van der Waals surface area (Å²) in [6.07, 6.45) is 7.20. The van der Waals surface area contributed by atoms with E-state index in [9.17, 15) is 24.0 Å². The third-order valence-corrected chi connectivity index (χ3v) is 6.88. The van der Waals surface area contributed by atoms with E-state index in [1.807, 2.05) is 12.2 Å². The van der Waals surface area contributed by atoms with E-state index < -0.39 is 42.8 Å². The molecule has 2 heterocycles. The maximum atomic E-state index is 12.4. The minimum absolute atomic E-state index is 0.316. The van der Waals surface area contributed by atoms with Crippen LogP contribution in [0.15, 0.2) is 12.2 Å². The van der Waals surface area contributed by atoms with Gasteiger partial charge in [0.1, 0.15) is 11.5 Å². The van der Waals surface area contributed by atoms with Crippen molar-refractivity contribution < 1.29 is 28.7 Å². The van der Waals surface area contributed by atoms with Gasteiger partial charge in [-0.05, 0) is 37.7 Å². The van der Waals surface area contributed by atoms with Crippen molar-refractivity contribution in [2.45, 2.75) is 32.1 Å². The number of rotatable bonds is 6. The van der Waals surface area contributed by atoms with Crippen LogP contribution < -0.4 is 11.1 Å². The number of ether oxygens (including phenoxy) is 1. The number of fused-ring (bicyclic) bond motifs is 2. The molecule has 1 aromatic rings. The lowest BCUT2D eigenvalue weighted by atomic mass is 9.85. The molecule has 1 aliphatic heterocycles. The molecule has 2 atom stereocenters. The fourth-order valence-electron chi connectivity index (χ4n) is 4.26. The van der Waals surface area contributed by atoms with E-state index in [-0.39, 0.29) is 11.8 Å². The molecule has 3 aliphatic rings. The molecule has 9 nitrogen and oxygen atoms in total. The highest BCUT2D eigenvalue weighted by atomic mass is 32.1. The Balaban J connectivity index is 1.32. The molecule has 2 unspecified atom stereocenters. The van der Waals surface area contributed by atoms with Gasteiger partial charge in [0.15, 0.2) is 6.61 Å². The number of imide groups is 1. The van der Waals surface area contributed by atoms with Crippen LogP contribution in [0.2, 0.25) is 0 Å². The van der Waals surface area contributed by atoms with E-state index >= 15 is 0 Å². The number of hydrogen-bond acceptors (Lipinski definition) is 7. The van der Waals surface area contributed by atoms with Gasteiger partial charge in [0.25, 0.3) is 11.8 Å². The number of primary amides is 1. The largest absolute Gasteiger partial charge is 0.454 e. The smallest absolute Gasteiger partial charge is 0.326 e. The first-order chi connectivity index (χ1) is 14.4. The van der Waals surface area contributed by atoms with Gasteiger partial charge in [-0.1, -0.05) is 12.2 Å². The summed E-state index contributed by atoms with van der Waals surface area (Å²) in [5.74, 6) is -3.68. The minimum Gasteiger partial charge on any atom is -0.454 e. The molecule has 4 amide bonds. The van der Waals surface area contributed by atoms with Crippen molar-refractivity contribution in [3.63, 3.8) is 0 Å². The summed E-state index contributed by atoms with van der Waals surface area (Å²) in [4.78, 5) is 62.8. The first kappa shape index (κ1) is 20.3. The number of allylic oxidation sites excluding steroid dienone is 2. The number of aryl methyl sites for hydroxylation is 1. The number of hydrogen-bond donors (Lipinski definition) is 2. The second-order valence-electron chi connectivity index (χ2n) is 7.55. The molecule has 1 aromatic heterocycles. The molecule has 2 aliphatic carbocycles. The third-order valence-electron chi connectivity index (χ3n) is 5.67. The summed E-state index contributed by atoms with van der Waals surface area (Å²) in [6, 6.07) is 0. The van der Waals surface area contributed by atoms with Gasteiger partial charge in [-0.25, -0.2) is 0 Å². The summed E-state index contributed by atoms with van der Waals surface area (Å²) in [7, 11) is 0. The minimum atomic E-state index is -0.845. The number of anilines is 1. The number of carbonyl (C=O) groups excluding carboxylic acids is 5. The van der Waals surface area contributed by atoms with Gasteiger partial charge in [-0.3, -0.25) is 28.9 Å². The number of amides is 4. The first-order valence-corrected chi connectivity index (χ1v) is 10.6. The second-order valence-corrected chi connectivity index (χ2v) is 8.66. The second kappa shape index (κ2) is 8.02. The van der Waals surface area contributed by atoms with Gasteiger partial charge >= 0.3 is 5.97 Å². The number of nitrogens with one attached hydrogen (secondary N) is 1. The Kier molecular flexibility index (Phi) is 5.42. The first-order valence-electron chi connectivity index (χ1n) is 9.77. The van der Waals surface area contributed by atoms with Gasteiger partial charge in [0.05, 0.1) is 17.4 Å². The molecule has 10 heteroatoms. The summed E-state index contributed by atoms with van der Waals surface area (Å²) < 4.78 is 4.94. The molecule has 30 heavy (non-hydrogen) atoms. The predicted molar refractivity (Wildman–Crippen MR) is 107 cm³/mol. The molecule has 0 aromatic carbocycles. The maximum Gasteiger partial charge on any atom is 0.326 e. The molecule has 158 valence electrons. The number of nitrogens with two attached hydrogens (primary N) is 1. The summed E-state index contributed by atoms with van der Waals surface area (Å²) in [5, 5.41) is 2.93. The Bertz CT molecular complexity index is 955. The van der Waals surface area contributed by atoms with Crippen LogP contribution in [0.4, 0.5) is 5.00 Å². The topological polar surface area (TPSA) is 136 Å². The number of esters is 1. The van der Waals surface area contributed by atoms with Crippen LogP contribution in [0.25, 0.3) is 0 Å². The zero-order valence-corrected chi connectivity index (χ0v) is 17.0. The SMILES string of the molecule is NC(=O)c1c(NC(=O)COC(=O)CN2C(=O)C3CC=CCC3C2=O)sc2c1CCC2. The van der Waals surface area contributed by atoms with E-state index in [0.717, 1.165) is 34.6 Å². The van der Waals surface area contributed by atoms with Crippen LogP contribution in [0, 0.1) is 11.8 Å². The van der Waals surface area contributed by atoms with E-state index in [2.05, 4.69) is 5.32 Å². The summed E-state index contributed by atoms with van der Waals surface area (Å²) in [5.41, 5.74) is 6.65. The Morgan fingerprint density at radius 1 is 1.13 bits per heavy atom. The zero-order valence-electron chi connectivity index (χ0n) is 16.1. The highest BCUT2D eigenvalue weighted by Crippen LogP contribution is 2.39. The highest BCUT2D eigenvalue weighted by molar-refractivity contribution is 7.17. The Morgan fingerprint density at radius 2 is 1.80 bits per heavy atom. The van der Waals surface area contributed by atoms with Gasteiger partial charge < -0.3 is 15.8 Å². The summed E-state index contributed by atoms with van der Waals surface area (Å²) in [6.45, 7) is -1.11. The molecule has 3 N–H and O–H groups in total. The monoisotopic (exact) mass is 431 g/mol. The van der Waals surface area contributed by atoms with Crippen molar-refractivity contribution in [1.82, 2.24) is 4.90 Å². The number of thiophene rings is 1. The molecule has 0 radical (unpaired) electrons. The van der Waals surface area contributed by atoms with Crippen LogP contribution in [0.3, 0.4) is 0 Å². The quantitative estimate of drug-likeness (QED) is 0.388. The van der Waals surface area contributed by atoms with Crippen LogP contribution in [-0.2, 0) is 36.8 Å². The van der Waals surface area contributed by atoms with Crippen molar-refractivity contribution in [2.24, 2.45) is 17.6 Å². The fraction of sp³-hybridized carbons (Fsp3) is 0.450. The molecule has 0 bridgehead atoms. The Morgan fingerprint density at radius 3 is 2.43 bits per heavy atom. The van der Waals surface area contributed by atoms with Crippen molar-refractivity contribution in [2.75, 3.05) is 18.5 Å². The summed E-state index contributed by atoms with van der Waals surface area (Å²) >= 11 is 1.30. The van der Waals surface area contributed by atoms with Crippen LogP contribution in [-0.4, -0.2) is 47.6 Å². The zero-order chi connectivity index (χ0) is 21.4. The van der Waals surface area contributed by atoms with E-state index in [1.54, 1.807) is 0 Å². The number of likely N-dealkylation sites (tertiary alicyclic amines) is 1. The lowest BCUT2D eigenvalue weighted by molar-refractivity contribution is -0.154. The van der Waals surface area contributed by atoms with E-state index in [1.165, 1.54) is 11.3 Å². The molecular formula is C20H21N3O6S. The van der Waals surface area contributed by atoms with Gasteiger partial charge in [-0.15, -0.1) is 11.3 Å². The Labute approximate surface area is 176 Å². The van der Waals surface area contributed by atoms with Crippen LogP contribution in [0.1, 0.15) is 40.1 Å². The van der Waals surface area contributed by atoms with Crippen LogP contribution in [0.5, 0.6) is 0 Å². The van der Waals surface area contributed by atoms with E-state index in [4.69, 9.17) is 10.5 Å². The molecule has 1 saturated heterocycles. The third kappa shape index (κ3) is 3.62. The molecule has 4 rings (SSSR count). The van der Waals surface area contributed by atoms with Crippen molar-refractivity contribution in [3.05, 3.63) is 28.2 Å². The average Bonchev–Trinajstić information content (AvgIpc) is 3.35. The predicted octanol–water partition coefficient (Wildman–Crippen LogP) is 0.769. The maximum absolute atomic E-state index is 12.4. The Hall–Kier alpha value is -3.01. The number of nitrogens with zero attached hydrogens (tertiary/aromatic N) is 1. The van der Waals surface area contributed by atoms with Gasteiger partial charge in [0.2, 0.25) is 11.8 Å².